The normalized spacial score (nSPS) is 12.3. The molecule has 0 radical (unpaired) electrons. The molecule has 0 amide bonds. The van der Waals surface area contributed by atoms with Gasteiger partial charge in [0.1, 0.15) is 13.1 Å². The van der Waals surface area contributed by atoms with Crippen molar-refractivity contribution in [2.24, 2.45) is 0 Å². The Bertz CT molecular complexity index is 611. The second-order valence-corrected chi connectivity index (χ2v) is 9.10. The Balaban J connectivity index is 1.78. The summed E-state index contributed by atoms with van der Waals surface area (Å²) in [6.45, 7) is 19.4. The van der Waals surface area contributed by atoms with Crippen molar-refractivity contribution in [2.45, 2.75) is 66.5 Å². The van der Waals surface area contributed by atoms with Crippen LogP contribution in [0, 0.1) is 0 Å². The Morgan fingerprint density at radius 3 is 1.10 bits per heavy atom. The van der Waals surface area contributed by atoms with Crippen LogP contribution in [-0.2, 0) is 13.1 Å². The number of benzene rings is 2. The molecule has 0 N–H and O–H groups in total. The molecule has 0 heterocycles. The van der Waals surface area contributed by atoms with E-state index in [-0.39, 0.29) is 0 Å². The standard InChI is InChI=1S/C28H46N2/c1-5-29(6-2,25-27-19-13-11-14-20-27)23-17-9-10-18-24-30(7-3,8-4)26-28-21-15-12-16-22-28/h11-16,19-22H,5-10,17-18,23-26H2,1-4H3/q+2. The third-order valence-electron chi connectivity index (χ3n) is 7.42. The van der Waals surface area contributed by atoms with Crippen molar-refractivity contribution in [1.29, 1.82) is 0 Å². The maximum absolute atomic E-state index is 2.37. The van der Waals surface area contributed by atoms with Gasteiger partial charge in [-0.2, -0.15) is 0 Å². The van der Waals surface area contributed by atoms with E-state index >= 15 is 0 Å². The van der Waals surface area contributed by atoms with Crippen molar-refractivity contribution in [2.75, 3.05) is 39.3 Å². The van der Waals surface area contributed by atoms with E-state index in [0.29, 0.717) is 0 Å². The van der Waals surface area contributed by atoms with Gasteiger partial charge in [-0.3, -0.25) is 0 Å². The van der Waals surface area contributed by atoms with Crippen molar-refractivity contribution in [1.82, 2.24) is 0 Å². The highest BCUT2D eigenvalue weighted by Crippen LogP contribution is 2.19. The molecule has 0 unspecified atom stereocenters. The van der Waals surface area contributed by atoms with E-state index in [4.69, 9.17) is 0 Å². The molecule has 0 bridgehead atoms. The van der Waals surface area contributed by atoms with Crippen LogP contribution in [0.3, 0.4) is 0 Å². The van der Waals surface area contributed by atoms with Crippen LogP contribution in [0.5, 0.6) is 0 Å². The second kappa shape index (κ2) is 12.9. The van der Waals surface area contributed by atoms with Gasteiger partial charge in [-0.05, 0) is 53.4 Å². The minimum atomic E-state index is 1.18. The van der Waals surface area contributed by atoms with Crippen LogP contribution in [0.2, 0.25) is 0 Å². The summed E-state index contributed by atoms with van der Waals surface area (Å²) < 4.78 is 2.45. The van der Waals surface area contributed by atoms with Gasteiger partial charge in [-0.1, -0.05) is 60.7 Å². The zero-order chi connectivity index (χ0) is 21.7. The van der Waals surface area contributed by atoms with Crippen LogP contribution in [0.15, 0.2) is 60.7 Å². The fourth-order valence-electron chi connectivity index (χ4n) is 4.87. The topological polar surface area (TPSA) is 0 Å². The average molecular weight is 411 g/mol. The van der Waals surface area contributed by atoms with Crippen LogP contribution in [0.25, 0.3) is 0 Å². The van der Waals surface area contributed by atoms with Gasteiger partial charge in [0, 0.05) is 11.1 Å². The Morgan fingerprint density at radius 2 is 0.800 bits per heavy atom. The molecule has 2 rings (SSSR count). The highest BCUT2D eigenvalue weighted by atomic mass is 15.3. The third-order valence-corrected chi connectivity index (χ3v) is 7.42. The van der Waals surface area contributed by atoms with Crippen molar-refractivity contribution in [3.63, 3.8) is 0 Å². The lowest BCUT2D eigenvalue weighted by atomic mass is 10.1. The fraction of sp³-hybridized carbons (Fsp3) is 0.571. The van der Waals surface area contributed by atoms with Crippen LogP contribution in [-0.4, -0.2) is 48.2 Å². The molecule has 0 fully saturated rings. The lowest BCUT2D eigenvalue weighted by Gasteiger charge is -2.38. The number of unbranched alkanes of at least 4 members (excludes halogenated alkanes) is 3. The summed E-state index contributed by atoms with van der Waals surface area (Å²) >= 11 is 0. The Morgan fingerprint density at radius 1 is 0.467 bits per heavy atom. The highest BCUT2D eigenvalue weighted by Gasteiger charge is 2.24. The fourth-order valence-corrected chi connectivity index (χ4v) is 4.87. The van der Waals surface area contributed by atoms with Gasteiger partial charge < -0.3 is 8.97 Å². The van der Waals surface area contributed by atoms with Gasteiger partial charge in [0.25, 0.3) is 0 Å². The summed E-state index contributed by atoms with van der Waals surface area (Å²) in [5.41, 5.74) is 2.96. The molecule has 166 valence electrons. The zero-order valence-corrected chi connectivity index (χ0v) is 20.2. The van der Waals surface area contributed by atoms with Crippen LogP contribution < -0.4 is 0 Å². The lowest BCUT2D eigenvalue weighted by molar-refractivity contribution is -0.938. The summed E-state index contributed by atoms with van der Waals surface area (Å²) in [5.74, 6) is 0. The van der Waals surface area contributed by atoms with E-state index in [1.807, 2.05) is 0 Å². The maximum atomic E-state index is 2.37. The monoisotopic (exact) mass is 410 g/mol. The minimum Gasteiger partial charge on any atom is -0.320 e. The molecule has 0 atom stereocenters. The number of nitrogens with zero attached hydrogens (tertiary/aromatic N) is 2. The van der Waals surface area contributed by atoms with E-state index < -0.39 is 0 Å². The van der Waals surface area contributed by atoms with Crippen molar-refractivity contribution in [3.8, 4) is 0 Å². The van der Waals surface area contributed by atoms with E-state index in [9.17, 15) is 0 Å². The molecule has 0 aliphatic carbocycles. The zero-order valence-electron chi connectivity index (χ0n) is 20.2. The third kappa shape index (κ3) is 7.56. The summed E-state index contributed by atoms with van der Waals surface area (Å²) in [6.07, 6.45) is 5.44. The Kier molecular flexibility index (Phi) is 10.6. The van der Waals surface area contributed by atoms with Gasteiger partial charge in [0.15, 0.2) is 0 Å². The Labute approximate surface area is 186 Å². The predicted octanol–water partition coefficient (Wildman–Crippen LogP) is 6.66. The summed E-state index contributed by atoms with van der Waals surface area (Å²) in [5, 5.41) is 0. The summed E-state index contributed by atoms with van der Waals surface area (Å²) in [6, 6.07) is 22.1. The molecule has 0 aromatic heterocycles. The molecule has 0 aliphatic heterocycles. The number of hydrogen-bond acceptors (Lipinski definition) is 0. The van der Waals surface area contributed by atoms with Crippen molar-refractivity contribution >= 4 is 0 Å². The van der Waals surface area contributed by atoms with E-state index in [0.717, 1.165) is 0 Å². The number of hydrogen-bond donors (Lipinski definition) is 0. The van der Waals surface area contributed by atoms with Gasteiger partial charge in [-0.15, -0.1) is 0 Å². The molecular formula is C28H46N2+2. The van der Waals surface area contributed by atoms with Crippen molar-refractivity contribution < 1.29 is 8.97 Å². The molecule has 30 heavy (non-hydrogen) atoms. The second-order valence-electron chi connectivity index (χ2n) is 9.10. The largest absolute Gasteiger partial charge is 0.320 e. The number of quaternary nitrogens is 2. The first kappa shape index (κ1) is 24.6. The van der Waals surface area contributed by atoms with Crippen molar-refractivity contribution in [3.05, 3.63) is 71.8 Å². The minimum absolute atomic E-state index is 1.18. The SMILES string of the molecule is CC[N+](CC)(CCCCCC[N+](CC)(CC)Cc1ccccc1)Cc1ccccc1. The predicted molar refractivity (Wildman–Crippen MR) is 131 cm³/mol. The molecule has 2 heteroatoms. The summed E-state index contributed by atoms with van der Waals surface area (Å²) in [4.78, 5) is 0. The molecular weight excluding hydrogens is 364 g/mol. The molecule has 2 aromatic carbocycles. The molecule has 2 nitrogen and oxygen atoms in total. The van der Waals surface area contributed by atoms with Crippen LogP contribution in [0.4, 0.5) is 0 Å². The maximum Gasteiger partial charge on any atom is 0.104 e. The first-order valence-electron chi connectivity index (χ1n) is 12.4. The van der Waals surface area contributed by atoms with Crippen LogP contribution >= 0.6 is 0 Å². The van der Waals surface area contributed by atoms with E-state index in [2.05, 4.69) is 88.4 Å². The van der Waals surface area contributed by atoms with Crippen LogP contribution in [0.1, 0.15) is 64.5 Å². The molecule has 2 aromatic rings. The highest BCUT2D eigenvalue weighted by molar-refractivity contribution is 5.14. The van der Waals surface area contributed by atoms with Gasteiger partial charge >= 0.3 is 0 Å². The average Bonchev–Trinajstić information content (AvgIpc) is 2.81. The smallest absolute Gasteiger partial charge is 0.104 e. The van der Waals surface area contributed by atoms with Gasteiger partial charge in [0.2, 0.25) is 0 Å². The molecule has 0 aliphatic rings. The first-order valence-corrected chi connectivity index (χ1v) is 12.4. The molecule has 0 spiro atoms. The lowest BCUT2D eigenvalue weighted by Crippen LogP contribution is -2.48. The molecule has 0 saturated carbocycles. The quantitative estimate of drug-likeness (QED) is 0.227. The van der Waals surface area contributed by atoms with Gasteiger partial charge in [0.05, 0.1) is 39.3 Å². The van der Waals surface area contributed by atoms with E-state index in [1.54, 1.807) is 0 Å². The number of rotatable bonds is 15. The van der Waals surface area contributed by atoms with Gasteiger partial charge in [-0.25, -0.2) is 0 Å². The first-order chi connectivity index (χ1) is 14.6. The summed E-state index contributed by atoms with van der Waals surface area (Å²) in [7, 11) is 0. The Hall–Kier alpha value is -1.64. The molecule has 0 saturated heterocycles. The van der Waals surface area contributed by atoms with E-state index in [1.165, 1.54) is 98.1 Å².